The summed E-state index contributed by atoms with van der Waals surface area (Å²) in [6, 6.07) is 18.0. The first-order valence-corrected chi connectivity index (χ1v) is 8.34. The normalized spacial score (nSPS) is 13.9. The molecular formula is C21H28. The van der Waals surface area contributed by atoms with Crippen LogP contribution < -0.4 is 0 Å². The average Bonchev–Trinajstić information content (AvgIpc) is 2.54. The van der Waals surface area contributed by atoms with Gasteiger partial charge >= 0.3 is 0 Å². The Kier molecular flexibility index (Phi) is 5.61. The molecule has 21 heavy (non-hydrogen) atoms. The number of hydrogen-bond acceptors (Lipinski definition) is 0. The molecule has 0 amide bonds. The number of rotatable bonds is 6. The summed E-state index contributed by atoms with van der Waals surface area (Å²) in [7, 11) is 0. The lowest BCUT2D eigenvalue weighted by atomic mass is 9.81. The monoisotopic (exact) mass is 280 g/mol. The summed E-state index contributed by atoms with van der Waals surface area (Å²) in [4.78, 5) is 0. The maximum absolute atomic E-state index is 2.42. The van der Waals surface area contributed by atoms with E-state index in [-0.39, 0.29) is 0 Å². The van der Waals surface area contributed by atoms with E-state index < -0.39 is 0 Å². The molecule has 0 heteroatoms. The highest BCUT2D eigenvalue weighted by Gasteiger charge is 2.18. The highest BCUT2D eigenvalue weighted by molar-refractivity contribution is 5.37. The summed E-state index contributed by atoms with van der Waals surface area (Å²) in [5.41, 5.74) is 5.97. The zero-order chi connectivity index (χ0) is 15.2. The maximum atomic E-state index is 2.42. The van der Waals surface area contributed by atoms with E-state index in [0.717, 1.165) is 6.42 Å². The predicted molar refractivity (Wildman–Crippen MR) is 93.1 cm³/mol. The molecule has 0 aliphatic heterocycles. The second kappa shape index (κ2) is 7.45. The quantitative estimate of drug-likeness (QED) is 0.599. The van der Waals surface area contributed by atoms with Crippen molar-refractivity contribution in [1.82, 2.24) is 0 Å². The van der Waals surface area contributed by atoms with Crippen molar-refractivity contribution < 1.29 is 0 Å². The second-order valence-corrected chi connectivity index (χ2v) is 6.12. The van der Waals surface area contributed by atoms with Gasteiger partial charge in [-0.15, -0.1) is 0 Å². The minimum atomic E-state index is 0.550. The Morgan fingerprint density at radius 3 is 2.19 bits per heavy atom. The molecule has 0 saturated heterocycles. The van der Waals surface area contributed by atoms with Crippen molar-refractivity contribution in [3.63, 3.8) is 0 Å². The third kappa shape index (κ3) is 3.75. The number of hydrogen-bond donors (Lipinski definition) is 0. The summed E-state index contributed by atoms with van der Waals surface area (Å²) in [5, 5.41) is 0. The molecule has 0 saturated carbocycles. The Morgan fingerprint density at radius 2 is 1.57 bits per heavy atom. The first-order valence-electron chi connectivity index (χ1n) is 8.34. The first kappa shape index (κ1) is 15.8. The van der Waals surface area contributed by atoms with Crippen molar-refractivity contribution in [1.29, 1.82) is 0 Å². The SMILES string of the molecule is CCCc1ccc(C(C)C(C)c2ccccc2)c(CC)c1. The molecule has 2 rings (SSSR count). The summed E-state index contributed by atoms with van der Waals surface area (Å²) in [5.74, 6) is 1.10. The van der Waals surface area contributed by atoms with Crippen LogP contribution in [0.1, 0.15) is 68.2 Å². The van der Waals surface area contributed by atoms with Gasteiger partial charge in [-0.05, 0) is 46.9 Å². The molecule has 0 radical (unpaired) electrons. The Balaban J connectivity index is 2.28. The molecule has 2 atom stereocenters. The molecule has 2 aromatic carbocycles. The Hall–Kier alpha value is -1.56. The van der Waals surface area contributed by atoms with Gasteiger partial charge in [0.05, 0.1) is 0 Å². The van der Waals surface area contributed by atoms with E-state index in [9.17, 15) is 0 Å². The summed E-state index contributed by atoms with van der Waals surface area (Å²) in [6.45, 7) is 9.24. The molecule has 0 aliphatic rings. The van der Waals surface area contributed by atoms with Gasteiger partial charge in [0.1, 0.15) is 0 Å². The van der Waals surface area contributed by atoms with Gasteiger partial charge in [-0.25, -0.2) is 0 Å². The van der Waals surface area contributed by atoms with E-state index in [1.165, 1.54) is 35.1 Å². The molecule has 0 heterocycles. The molecule has 2 unspecified atom stereocenters. The zero-order valence-electron chi connectivity index (χ0n) is 13.9. The summed E-state index contributed by atoms with van der Waals surface area (Å²) in [6.07, 6.45) is 3.53. The lowest BCUT2D eigenvalue weighted by Crippen LogP contribution is -2.08. The molecule has 0 aliphatic carbocycles. The summed E-state index contributed by atoms with van der Waals surface area (Å²) < 4.78 is 0. The predicted octanol–water partition coefficient (Wildman–Crippen LogP) is 6.11. The topological polar surface area (TPSA) is 0 Å². The highest BCUT2D eigenvalue weighted by Crippen LogP contribution is 2.34. The van der Waals surface area contributed by atoms with Crippen LogP contribution in [0.3, 0.4) is 0 Å². The van der Waals surface area contributed by atoms with Crippen LogP contribution in [0.25, 0.3) is 0 Å². The molecule has 0 fully saturated rings. The van der Waals surface area contributed by atoms with Crippen LogP contribution in [-0.2, 0) is 12.8 Å². The van der Waals surface area contributed by atoms with Crippen LogP contribution in [0.2, 0.25) is 0 Å². The fraction of sp³-hybridized carbons (Fsp3) is 0.429. The Bertz CT molecular complexity index is 554. The fourth-order valence-electron chi connectivity index (χ4n) is 3.17. The van der Waals surface area contributed by atoms with Gasteiger partial charge in [-0.1, -0.05) is 82.6 Å². The molecule has 2 aromatic rings. The van der Waals surface area contributed by atoms with Crippen molar-refractivity contribution in [2.24, 2.45) is 0 Å². The number of aryl methyl sites for hydroxylation is 2. The van der Waals surface area contributed by atoms with Gasteiger partial charge in [-0.3, -0.25) is 0 Å². The van der Waals surface area contributed by atoms with E-state index in [2.05, 4.69) is 76.2 Å². The zero-order valence-corrected chi connectivity index (χ0v) is 13.9. The van der Waals surface area contributed by atoms with Crippen molar-refractivity contribution in [3.05, 3.63) is 70.8 Å². The van der Waals surface area contributed by atoms with E-state index in [1.54, 1.807) is 0 Å². The van der Waals surface area contributed by atoms with Crippen LogP contribution in [0, 0.1) is 0 Å². The molecule has 0 bridgehead atoms. The van der Waals surface area contributed by atoms with Crippen molar-refractivity contribution in [2.45, 2.75) is 58.8 Å². The molecule has 112 valence electrons. The molecular weight excluding hydrogens is 252 g/mol. The maximum Gasteiger partial charge on any atom is -0.0121 e. The highest BCUT2D eigenvalue weighted by atomic mass is 14.2. The molecule has 0 nitrogen and oxygen atoms in total. The third-order valence-electron chi connectivity index (χ3n) is 4.69. The lowest BCUT2D eigenvalue weighted by Gasteiger charge is -2.24. The molecule has 0 spiro atoms. The van der Waals surface area contributed by atoms with Crippen molar-refractivity contribution >= 4 is 0 Å². The average molecular weight is 280 g/mol. The van der Waals surface area contributed by atoms with Crippen LogP contribution in [0.15, 0.2) is 48.5 Å². The third-order valence-corrected chi connectivity index (χ3v) is 4.69. The smallest absolute Gasteiger partial charge is 0.0121 e. The van der Waals surface area contributed by atoms with Gasteiger partial charge < -0.3 is 0 Å². The Morgan fingerprint density at radius 1 is 0.857 bits per heavy atom. The van der Waals surface area contributed by atoms with Crippen LogP contribution in [-0.4, -0.2) is 0 Å². The lowest BCUT2D eigenvalue weighted by molar-refractivity contribution is 0.618. The minimum absolute atomic E-state index is 0.550. The van der Waals surface area contributed by atoms with Crippen molar-refractivity contribution in [3.8, 4) is 0 Å². The van der Waals surface area contributed by atoms with Gasteiger partial charge in [0.2, 0.25) is 0 Å². The standard InChI is InChI=1S/C21H28/c1-5-10-18-13-14-21(19(6-2)15-18)17(4)16(3)20-11-8-7-9-12-20/h7-9,11-17H,5-6,10H2,1-4H3. The van der Waals surface area contributed by atoms with E-state index >= 15 is 0 Å². The van der Waals surface area contributed by atoms with Crippen molar-refractivity contribution in [2.75, 3.05) is 0 Å². The number of benzene rings is 2. The largest absolute Gasteiger partial charge is 0.0651 e. The van der Waals surface area contributed by atoms with E-state index in [0.29, 0.717) is 11.8 Å². The Labute approximate surface area is 130 Å². The molecule has 0 aromatic heterocycles. The van der Waals surface area contributed by atoms with Crippen LogP contribution in [0.4, 0.5) is 0 Å². The van der Waals surface area contributed by atoms with Crippen LogP contribution in [0.5, 0.6) is 0 Å². The van der Waals surface area contributed by atoms with Gasteiger partial charge in [0, 0.05) is 0 Å². The van der Waals surface area contributed by atoms with Gasteiger partial charge in [0.15, 0.2) is 0 Å². The van der Waals surface area contributed by atoms with Gasteiger partial charge in [-0.2, -0.15) is 0 Å². The minimum Gasteiger partial charge on any atom is -0.0651 e. The van der Waals surface area contributed by atoms with E-state index in [1.807, 2.05) is 0 Å². The summed E-state index contributed by atoms with van der Waals surface area (Å²) >= 11 is 0. The van der Waals surface area contributed by atoms with E-state index in [4.69, 9.17) is 0 Å². The first-order chi connectivity index (χ1) is 10.2. The molecule has 0 N–H and O–H groups in total. The second-order valence-electron chi connectivity index (χ2n) is 6.12. The fourth-order valence-corrected chi connectivity index (χ4v) is 3.17. The van der Waals surface area contributed by atoms with Gasteiger partial charge in [0.25, 0.3) is 0 Å². The van der Waals surface area contributed by atoms with Crippen LogP contribution >= 0.6 is 0 Å².